The van der Waals surface area contributed by atoms with Gasteiger partial charge in [-0.2, -0.15) is 0 Å². The van der Waals surface area contributed by atoms with Crippen LogP contribution in [0.15, 0.2) is 146 Å². The average molecular weight is 949 g/mol. The van der Waals surface area contributed by atoms with Crippen molar-refractivity contribution in [3.05, 3.63) is 157 Å². The first kappa shape index (κ1) is 55.0. The van der Waals surface area contributed by atoms with Gasteiger partial charge < -0.3 is 39.4 Å². The number of aromatic hydroxyl groups is 2. The summed E-state index contributed by atoms with van der Waals surface area (Å²) in [7, 11) is 0. The van der Waals surface area contributed by atoms with Crippen LogP contribution >= 0.6 is 0 Å². The van der Waals surface area contributed by atoms with E-state index in [1.807, 2.05) is 136 Å². The molecule has 0 aliphatic heterocycles. The summed E-state index contributed by atoms with van der Waals surface area (Å²) >= 11 is 0. The fourth-order valence-electron chi connectivity index (χ4n) is 6.34. The molecule has 4 N–H and O–H groups in total. The first-order chi connectivity index (χ1) is 33.6. The van der Waals surface area contributed by atoms with Crippen LogP contribution in [0.1, 0.15) is 52.7 Å². The molecule has 0 saturated heterocycles. The molecule has 0 bridgehead atoms. The van der Waals surface area contributed by atoms with E-state index in [2.05, 4.69) is 18.6 Å². The van der Waals surface area contributed by atoms with Crippen LogP contribution in [0.25, 0.3) is 68.3 Å². The van der Waals surface area contributed by atoms with Gasteiger partial charge in [-0.05, 0) is 57.5 Å². The van der Waals surface area contributed by atoms with Gasteiger partial charge in [0.25, 0.3) is 0 Å². The zero-order chi connectivity index (χ0) is 49.4. The molecular formula is C56H64N6O8. The Kier molecular flexibility index (Phi) is 23.0. The Balaban J connectivity index is 0.000000629. The number of benzene rings is 6. The molecule has 2 heterocycles. The van der Waals surface area contributed by atoms with Gasteiger partial charge in [0.1, 0.15) is 29.8 Å². The Labute approximate surface area is 411 Å². The molecule has 8 aromatic rings. The number of phenols is 2. The van der Waals surface area contributed by atoms with E-state index in [1.165, 1.54) is 18.6 Å². The van der Waals surface area contributed by atoms with Gasteiger partial charge in [0.15, 0.2) is 34.9 Å². The molecule has 0 fully saturated rings. The number of phenolic OH excluding ortho intramolecular Hbond substituents is 2. The summed E-state index contributed by atoms with van der Waals surface area (Å²) in [6.07, 6.45) is 1.25. The standard InChI is InChI=1S/C45H34N6O4.C5H12O3.C3H8.C2H6O.CH4/c1-28-13-12-20-33(23-28)43-47-42(32-18-10-5-11-19-32)48-44(51-43)35-22-21-34(25-37(35)52)54-27-55-39-26-38(53)36(24-29(39)2)45-49-40(30-14-6-3-7-15-30)46-41(50-45)31-16-8-4-9-17-31;1-2-7-3-4-8-5-6;1-3-2;1-2-3;/h3-26,52-53H,27H2,1-2H3;6H,2-5H2,1H3;3H2,1-2H3;3H,2H2,1H3;1H4. The van der Waals surface area contributed by atoms with E-state index in [0.29, 0.717) is 77.4 Å². The SMILES string of the molecule is C.CCC.CCO.CCOCCOCO.Cc1cccc(-c2nc(-c3ccccc3)nc(-c3ccc(OCOc4cc(O)c(-c5nc(-c6ccccc6)nc(-c6ccccc6)n5)cc4C)cc3O)n2)c1. The van der Waals surface area contributed by atoms with Crippen molar-refractivity contribution in [3.63, 3.8) is 0 Å². The van der Waals surface area contributed by atoms with Crippen LogP contribution in [-0.4, -0.2) is 90.3 Å². The van der Waals surface area contributed by atoms with Crippen molar-refractivity contribution >= 4 is 0 Å². The highest BCUT2D eigenvalue weighted by molar-refractivity contribution is 5.72. The predicted molar refractivity (Wildman–Crippen MR) is 276 cm³/mol. The third kappa shape index (κ3) is 16.3. The fraction of sp³-hybridized carbons (Fsp3) is 0.250. The summed E-state index contributed by atoms with van der Waals surface area (Å²) in [6, 6.07) is 45.0. The van der Waals surface area contributed by atoms with Crippen molar-refractivity contribution in [1.82, 2.24) is 29.9 Å². The van der Waals surface area contributed by atoms with E-state index < -0.39 is 0 Å². The van der Waals surface area contributed by atoms with Gasteiger partial charge in [-0.1, -0.05) is 142 Å². The number of hydrogen-bond acceptors (Lipinski definition) is 14. The van der Waals surface area contributed by atoms with Crippen LogP contribution in [0.5, 0.6) is 23.0 Å². The average Bonchev–Trinajstić information content (AvgIpc) is 3.37. The van der Waals surface area contributed by atoms with Crippen LogP contribution in [-0.2, 0) is 9.47 Å². The summed E-state index contributed by atoms with van der Waals surface area (Å²) in [4.78, 5) is 28.4. The first-order valence-corrected chi connectivity index (χ1v) is 22.7. The normalized spacial score (nSPS) is 10.2. The summed E-state index contributed by atoms with van der Waals surface area (Å²) in [5.74, 6) is 3.24. The number of ether oxygens (including phenoxy) is 4. The van der Waals surface area contributed by atoms with Crippen LogP contribution in [0.3, 0.4) is 0 Å². The first-order valence-electron chi connectivity index (χ1n) is 22.7. The van der Waals surface area contributed by atoms with Gasteiger partial charge in [-0.25, -0.2) is 29.9 Å². The summed E-state index contributed by atoms with van der Waals surface area (Å²) in [5.41, 5.74) is 5.98. The molecule has 6 aromatic carbocycles. The minimum atomic E-state index is -0.215. The molecule has 14 heteroatoms. The highest BCUT2D eigenvalue weighted by Crippen LogP contribution is 2.36. The van der Waals surface area contributed by atoms with Crippen LogP contribution in [0.2, 0.25) is 0 Å². The maximum Gasteiger partial charge on any atom is 0.230 e. The van der Waals surface area contributed by atoms with E-state index in [0.717, 1.165) is 33.4 Å². The molecule has 0 radical (unpaired) electrons. The lowest BCUT2D eigenvalue weighted by atomic mass is 10.1. The predicted octanol–water partition coefficient (Wildman–Crippen LogP) is 11.5. The Morgan fingerprint density at radius 3 is 1.37 bits per heavy atom. The molecule has 0 atom stereocenters. The highest BCUT2D eigenvalue weighted by Gasteiger charge is 2.18. The van der Waals surface area contributed by atoms with Crippen molar-refractivity contribution in [2.75, 3.05) is 40.0 Å². The van der Waals surface area contributed by atoms with E-state index in [9.17, 15) is 10.2 Å². The van der Waals surface area contributed by atoms with Crippen molar-refractivity contribution < 1.29 is 39.4 Å². The summed E-state index contributed by atoms with van der Waals surface area (Å²) in [6.45, 7) is 13.3. The Bertz CT molecular complexity index is 2720. The van der Waals surface area contributed by atoms with E-state index in [4.69, 9.17) is 54.3 Å². The molecule has 0 saturated carbocycles. The molecule has 0 unspecified atom stereocenters. The van der Waals surface area contributed by atoms with Gasteiger partial charge in [0.2, 0.25) is 6.79 Å². The number of hydrogen-bond donors (Lipinski definition) is 4. The van der Waals surface area contributed by atoms with Crippen molar-refractivity contribution in [1.29, 1.82) is 0 Å². The van der Waals surface area contributed by atoms with Crippen LogP contribution in [0, 0.1) is 13.8 Å². The van der Waals surface area contributed by atoms with E-state index in [1.54, 1.807) is 25.1 Å². The zero-order valence-corrected chi connectivity index (χ0v) is 39.9. The van der Waals surface area contributed by atoms with E-state index in [-0.39, 0.29) is 39.1 Å². The molecular weight excluding hydrogens is 885 g/mol. The number of aryl methyl sites for hydroxylation is 2. The van der Waals surface area contributed by atoms with Crippen molar-refractivity contribution in [3.8, 4) is 91.3 Å². The molecule has 0 spiro atoms. The summed E-state index contributed by atoms with van der Waals surface area (Å²) < 4.78 is 21.3. The van der Waals surface area contributed by atoms with Crippen LogP contribution in [0.4, 0.5) is 0 Å². The minimum Gasteiger partial charge on any atom is -0.507 e. The van der Waals surface area contributed by atoms with Gasteiger partial charge in [-0.3, -0.25) is 0 Å². The number of nitrogens with zero attached hydrogens (tertiary/aromatic N) is 6. The van der Waals surface area contributed by atoms with Crippen molar-refractivity contribution in [2.45, 2.75) is 55.4 Å². The molecule has 8 rings (SSSR count). The molecule has 2 aromatic heterocycles. The molecule has 0 aliphatic carbocycles. The van der Waals surface area contributed by atoms with E-state index >= 15 is 0 Å². The number of aliphatic hydroxyl groups is 2. The Hall–Kier alpha value is -7.62. The quantitative estimate of drug-likeness (QED) is 0.0560. The monoisotopic (exact) mass is 948 g/mol. The number of aromatic nitrogens is 6. The molecule has 70 heavy (non-hydrogen) atoms. The smallest absolute Gasteiger partial charge is 0.230 e. The maximum atomic E-state index is 11.2. The molecule has 0 aliphatic rings. The molecule has 14 nitrogen and oxygen atoms in total. The Morgan fingerprint density at radius 1 is 0.457 bits per heavy atom. The molecule has 0 amide bonds. The zero-order valence-electron chi connectivity index (χ0n) is 39.9. The van der Waals surface area contributed by atoms with Gasteiger partial charge in [0.05, 0.1) is 24.3 Å². The fourth-order valence-corrected chi connectivity index (χ4v) is 6.34. The second-order valence-corrected chi connectivity index (χ2v) is 15.1. The van der Waals surface area contributed by atoms with Gasteiger partial charge in [-0.15, -0.1) is 0 Å². The maximum absolute atomic E-state index is 11.2. The second-order valence-electron chi connectivity index (χ2n) is 15.1. The highest BCUT2D eigenvalue weighted by atomic mass is 16.7. The van der Waals surface area contributed by atoms with Gasteiger partial charge in [0, 0.05) is 47.6 Å². The molecule has 366 valence electrons. The lowest BCUT2D eigenvalue weighted by molar-refractivity contribution is -0.0276. The number of aliphatic hydroxyl groups excluding tert-OH is 2. The number of rotatable bonds is 15. The largest absolute Gasteiger partial charge is 0.507 e. The van der Waals surface area contributed by atoms with Gasteiger partial charge >= 0.3 is 0 Å². The lowest BCUT2D eigenvalue weighted by Crippen LogP contribution is -2.07. The second kappa shape index (κ2) is 29.3. The minimum absolute atomic E-state index is 0. The summed E-state index contributed by atoms with van der Waals surface area (Å²) in [5, 5.41) is 38.0. The Morgan fingerprint density at radius 2 is 0.900 bits per heavy atom. The lowest BCUT2D eigenvalue weighted by Gasteiger charge is -2.14. The third-order valence-electron chi connectivity index (χ3n) is 9.49. The van der Waals surface area contributed by atoms with Crippen molar-refractivity contribution in [2.24, 2.45) is 0 Å². The topological polar surface area (TPSA) is 195 Å². The van der Waals surface area contributed by atoms with Crippen LogP contribution < -0.4 is 9.47 Å². The third-order valence-corrected chi connectivity index (χ3v) is 9.49.